The summed E-state index contributed by atoms with van der Waals surface area (Å²) in [6.45, 7) is 6.33. The fraction of sp³-hybridized carbons (Fsp3) is 0.429. The van der Waals surface area contributed by atoms with Crippen molar-refractivity contribution in [3.8, 4) is 0 Å². The summed E-state index contributed by atoms with van der Waals surface area (Å²) in [5.74, 6) is 2.62. The maximum atomic E-state index is 5.94. The summed E-state index contributed by atoms with van der Waals surface area (Å²) in [6.07, 6.45) is 0.848. The summed E-state index contributed by atoms with van der Waals surface area (Å²) in [5.41, 5.74) is 7.92. The van der Waals surface area contributed by atoms with Gasteiger partial charge in [0.1, 0.15) is 0 Å². The van der Waals surface area contributed by atoms with Gasteiger partial charge in [0.2, 0.25) is 5.89 Å². The smallest absolute Gasteiger partial charge is 0.237 e. The SMILES string of the molecule is Cc1ccc(N)c(SCc2nc(CC(C)C)no2)c1. The van der Waals surface area contributed by atoms with E-state index in [1.807, 2.05) is 12.1 Å². The Morgan fingerprint density at radius 3 is 2.89 bits per heavy atom. The molecule has 2 rings (SSSR count). The Morgan fingerprint density at radius 2 is 2.16 bits per heavy atom. The van der Waals surface area contributed by atoms with Crippen LogP contribution in [0.15, 0.2) is 27.6 Å². The molecule has 1 aromatic heterocycles. The number of hydrogen-bond acceptors (Lipinski definition) is 5. The number of aryl methyl sites for hydroxylation is 1. The van der Waals surface area contributed by atoms with Crippen molar-refractivity contribution in [3.63, 3.8) is 0 Å². The monoisotopic (exact) mass is 277 g/mol. The average molecular weight is 277 g/mol. The van der Waals surface area contributed by atoms with Gasteiger partial charge in [-0.05, 0) is 30.5 Å². The Bertz CT molecular complexity index is 551. The van der Waals surface area contributed by atoms with E-state index in [2.05, 4.69) is 37.0 Å². The molecule has 5 heteroatoms. The molecule has 0 saturated heterocycles. The number of hydrogen-bond donors (Lipinski definition) is 1. The first kappa shape index (κ1) is 13.9. The maximum Gasteiger partial charge on any atom is 0.237 e. The zero-order valence-corrected chi connectivity index (χ0v) is 12.3. The van der Waals surface area contributed by atoms with E-state index < -0.39 is 0 Å². The van der Waals surface area contributed by atoms with E-state index in [4.69, 9.17) is 10.3 Å². The van der Waals surface area contributed by atoms with E-state index in [1.54, 1.807) is 11.8 Å². The van der Waals surface area contributed by atoms with Crippen molar-refractivity contribution in [2.45, 2.75) is 37.8 Å². The number of nitrogen functional groups attached to an aromatic ring is 1. The molecular formula is C14H19N3OS. The molecule has 1 heterocycles. The highest BCUT2D eigenvalue weighted by atomic mass is 32.2. The molecule has 0 bridgehead atoms. The van der Waals surface area contributed by atoms with Crippen LogP contribution < -0.4 is 5.73 Å². The van der Waals surface area contributed by atoms with Crippen LogP contribution in [0.2, 0.25) is 0 Å². The van der Waals surface area contributed by atoms with Crippen molar-refractivity contribution >= 4 is 17.4 Å². The highest BCUT2D eigenvalue weighted by Crippen LogP contribution is 2.28. The second-order valence-electron chi connectivity index (χ2n) is 5.03. The molecule has 2 N–H and O–H groups in total. The van der Waals surface area contributed by atoms with Gasteiger partial charge in [-0.3, -0.25) is 0 Å². The molecule has 0 unspecified atom stereocenters. The third kappa shape index (κ3) is 3.99. The van der Waals surface area contributed by atoms with Crippen LogP contribution in [0, 0.1) is 12.8 Å². The molecule has 0 amide bonds. The molecule has 0 aliphatic carbocycles. The predicted octanol–water partition coefficient (Wildman–Crippen LogP) is 3.45. The summed E-state index contributed by atoms with van der Waals surface area (Å²) < 4.78 is 5.23. The van der Waals surface area contributed by atoms with Gasteiger partial charge in [0.05, 0.1) is 5.75 Å². The standard InChI is InChI=1S/C14H19N3OS/c1-9(2)6-13-16-14(18-17-13)8-19-12-7-10(3)4-5-11(12)15/h4-5,7,9H,6,8,15H2,1-3H3. The highest BCUT2D eigenvalue weighted by Gasteiger charge is 2.09. The average Bonchev–Trinajstić information content (AvgIpc) is 2.77. The van der Waals surface area contributed by atoms with Gasteiger partial charge in [0.15, 0.2) is 5.82 Å². The molecule has 0 radical (unpaired) electrons. The lowest BCUT2D eigenvalue weighted by Gasteiger charge is -2.04. The largest absolute Gasteiger partial charge is 0.398 e. The van der Waals surface area contributed by atoms with Crippen molar-refractivity contribution < 1.29 is 4.52 Å². The van der Waals surface area contributed by atoms with Crippen molar-refractivity contribution in [2.24, 2.45) is 5.92 Å². The van der Waals surface area contributed by atoms with Crippen LogP contribution in [-0.2, 0) is 12.2 Å². The van der Waals surface area contributed by atoms with Crippen molar-refractivity contribution in [1.82, 2.24) is 10.1 Å². The van der Waals surface area contributed by atoms with Crippen LogP contribution >= 0.6 is 11.8 Å². The van der Waals surface area contributed by atoms with Gasteiger partial charge in [-0.2, -0.15) is 4.98 Å². The minimum absolute atomic E-state index is 0.533. The van der Waals surface area contributed by atoms with Crippen LogP contribution in [0.25, 0.3) is 0 Å². The van der Waals surface area contributed by atoms with E-state index >= 15 is 0 Å². The maximum absolute atomic E-state index is 5.94. The van der Waals surface area contributed by atoms with E-state index in [1.165, 1.54) is 5.56 Å². The van der Waals surface area contributed by atoms with Gasteiger partial charge >= 0.3 is 0 Å². The summed E-state index contributed by atoms with van der Waals surface area (Å²) in [4.78, 5) is 5.44. The van der Waals surface area contributed by atoms with Crippen molar-refractivity contribution in [2.75, 3.05) is 5.73 Å². The molecule has 0 aliphatic heterocycles. The van der Waals surface area contributed by atoms with Crippen molar-refractivity contribution in [1.29, 1.82) is 0 Å². The van der Waals surface area contributed by atoms with E-state index in [0.717, 1.165) is 22.8 Å². The second-order valence-corrected chi connectivity index (χ2v) is 6.05. The molecule has 4 nitrogen and oxygen atoms in total. The molecule has 19 heavy (non-hydrogen) atoms. The lowest BCUT2D eigenvalue weighted by Crippen LogP contribution is -1.96. The molecule has 2 aromatic rings. The van der Waals surface area contributed by atoms with Gasteiger partial charge in [-0.25, -0.2) is 0 Å². The zero-order chi connectivity index (χ0) is 13.8. The van der Waals surface area contributed by atoms with Crippen LogP contribution in [0.1, 0.15) is 31.1 Å². The van der Waals surface area contributed by atoms with Gasteiger partial charge in [0.25, 0.3) is 0 Å². The Balaban J connectivity index is 1.98. The Labute approximate surface area is 117 Å². The minimum atomic E-state index is 0.533. The summed E-state index contributed by atoms with van der Waals surface area (Å²) in [7, 11) is 0. The topological polar surface area (TPSA) is 64.9 Å². The molecule has 1 aromatic carbocycles. The third-order valence-electron chi connectivity index (χ3n) is 2.62. The summed E-state index contributed by atoms with van der Waals surface area (Å²) in [5, 5.41) is 3.98. The molecule has 102 valence electrons. The van der Waals surface area contributed by atoms with E-state index in [-0.39, 0.29) is 0 Å². The van der Waals surface area contributed by atoms with Crippen LogP contribution in [0.4, 0.5) is 5.69 Å². The second kappa shape index (κ2) is 6.10. The number of nitrogens with zero attached hydrogens (tertiary/aromatic N) is 2. The number of aromatic nitrogens is 2. The minimum Gasteiger partial charge on any atom is -0.398 e. The van der Waals surface area contributed by atoms with Crippen LogP contribution in [0.3, 0.4) is 0 Å². The summed E-state index contributed by atoms with van der Waals surface area (Å²) >= 11 is 1.63. The Kier molecular flexibility index (Phi) is 4.47. The molecule has 0 atom stereocenters. The third-order valence-corrected chi connectivity index (χ3v) is 3.68. The molecule has 0 saturated carbocycles. The number of rotatable bonds is 5. The predicted molar refractivity (Wildman–Crippen MR) is 78.0 cm³/mol. The molecule has 0 fully saturated rings. The van der Waals surface area contributed by atoms with Gasteiger partial charge in [0, 0.05) is 17.0 Å². The Hall–Kier alpha value is -1.49. The molecular weight excluding hydrogens is 258 g/mol. The lowest BCUT2D eigenvalue weighted by atomic mass is 10.1. The highest BCUT2D eigenvalue weighted by molar-refractivity contribution is 7.98. The number of anilines is 1. The normalized spacial score (nSPS) is 11.2. The van der Waals surface area contributed by atoms with Gasteiger partial charge in [-0.15, -0.1) is 11.8 Å². The molecule has 0 aliphatic rings. The fourth-order valence-electron chi connectivity index (χ4n) is 1.70. The van der Waals surface area contributed by atoms with Crippen LogP contribution in [-0.4, -0.2) is 10.1 Å². The Morgan fingerprint density at radius 1 is 1.37 bits per heavy atom. The first-order valence-corrected chi connectivity index (χ1v) is 7.33. The number of thioether (sulfide) groups is 1. The number of benzene rings is 1. The fourth-order valence-corrected chi connectivity index (χ4v) is 2.60. The molecule has 0 spiro atoms. The summed E-state index contributed by atoms with van der Waals surface area (Å²) in [6, 6.07) is 6.01. The van der Waals surface area contributed by atoms with Gasteiger partial charge in [-0.1, -0.05) is 25.1 Å². The first-order chi connectivity index (χ1) is 9.04. The zero-order valence-electron chi connectivity index (χ0n) is 11.5. The number of nitrogens with two attached hydrogens (primary N) is 1. The quantitative estimate of drug-likeness (QED) is 0.670. The van der Waals surface area contributed by atoms with E-state index in [9.17, 15) is 0 Å². The van der Waals surface area contributed by atoms with E-state index in [0.29, 0.717) is 17.6 Å². The lowest BCUT2D eigenvalue weighted by molar-refractivity contribution is 0.382. The van der Waals surface area contributed by atoms with Gasteiger partial charge < -0.3 is 10.3 Å². The van der Waals surface area contributed by atoms with Crippen LogP contribution in [0.5, 0.6) is 0 Å². The van der Waals surface area contributed by atoms with Crippen molar-refractivity contribution in [3.05, 3.63) is 35.5 Å². The first-order valence-electron chi connectivity index (χ1n) is 6.35.